The molecule has 0 fully saturated rings. The highest BCUT2D eigenvalue weighted by atomic mass is 16.6. The number of hydrogen-bond donors (Lipinski definition) is 2. The molecule has 4 nitrogen and oxygen atoms in total. The van der Waals surface area contributed by atoms with Crippen LogP contribution in [0.5, 0.6) is 5.75 Å². The third-order valence-corrected chi connectivity index (χ3v) is 2.78. The van der Waals surface area contributed by atoms with Crippen LogP contribution in [-0.2, 0) is 6.42 Å². The molecule has 1 aliphatic rings. The fourth-order valence-corrected chi connectivity index (χ4v) is 1.99. The smallest absolute Gasteiger partial charge is 0.410 e. The number of hydrogen-bond acceptors (Lipinski definition) is 3. The molecular formula is C13H17NO3. The summed E-state index contributed by atoms with van der Waals surface area (Å²) >= 11 is 0. The largest absolute Gasteiger partial charge is 0.412 e. The van der Waals surface area contributed by atoms with Gasteiger partial charge in [0.05, 0.1) is 6.10 Å². The summed E-state index contributed by atoms with van der Waals surface area (Å²) < 4.78 is 5.14. The number of rotatable bonds is 2. The van der Waals surface area contributed by atoms with Gasteiger partial charge < -0.3 is 15.2 Å². The van der Waals surface area contributed by atoms with Crippen LogP contribution in [0.4, 0.5) is 4.79 Å². The van der Waals surface area contributed by atoms with Crippen LogP contribution in [0.1, 0.15) is 37.5 Å². The summed E-state index contributed by atoms with van der Waals surface area (Å²) in [6.45, 7) is 3.74. The molecule has 0 saturated carbocycles. The zero-order valence-corrected chi connectivity index (χ0v) is 10.1. The van der Waals surface area contributed by atoms with Crippen molar-refractivity contribution in [1.29, 1.82) is 0 Å². The Hall–Kier alpha value is -1.55. The quantitative estimate of drug-likeness (QED) is 0.825. The average Bonchev–Trinajstić information content (AvgIpc) is 2.59. The summed E-state index contributed by atoms with van der Waals surface area (Å²) in [6.07, 6.45) is 0.737. The van der Waals surface area contributed by atoms with E-state index >= 15 is 0 Å². The summed E-state index contributed by atoms with van der Waals surface area (Å²) in [5.74, 6) is 0.475. The number of amides is 1. The Labute approximate surface area is 101 Å². The van der Waals surface area contributed by atoms with Gasteiger partial charge in [-0.25, -0.2) is 4.79 Å². The molecule has 0 bridgehead atoms. The van der Waals surface area contributed by atoms with Gasteiger partial charge in [0, 0.05) is 6.04 Å². The maximum absolute atomic E-state index is 11.4. The molecule has 0 aromatic heterocycles. The zero-order valence-electron chi connectivity index (χ0n) is 10.1. The molecule has 1 atom stereocenters. The standard InChI is InChI=1S/C13H17NO3/c1-8(2)14-13(16)17-10-5-3-9-4-6-12(15)11(9)7-10/h3,5,7-8,12,15H,4,6H2,1-2H3,(H,14,16)/t12-/m1/s1. The van der Waals surface area contributed by atoms with E-state index < -0.39 is 12.2 Å². The van der Waals surface area contributed by atoms with Gasteiger partial charge in [0.2, 0.25) is 0 Å². The number of nitrogens with one attached hydrogen (secondary N) is 1. The zero-order chi connectivity index (χ0) is 12.4. The lowest BCUT2D eigenvalue weighted by molar-refractivity contribution is 0.179. The van der Waals surface area contributed by atoms with E-state index in [-0.39, 0.29) is 6.04 Å². The van der Waals surface area contributed by atoms with E-state index in [9.17, 15) is 9.90 Å². The Morgan fingerprint density at radius 1 is 1.53 bits per heavy atom. The van der Waals surface area contributed by atoms with Crippen molar-refractivity contribution in [2.24, 2.45) is 0 Å². The first kappa shape index (κ1) is 11.9. The Balaban J connectivity index is 2.08. The minimum atomic E-state index is -0.465. The molecule has 92 valence electrons. The first-order valence-electron chi connectivity index (χ1n) is 5.85. The molecule has 4 heteroatoms. The number of fused-ring (bicyclic) bond motifs is 1. The van der Waals surface area contributed by atoms with Crippen LogP contribution in [-0.4, -0.2) is 17.2 Å². The topological polar surface area (TPSA) is 58.6 Å². The van der Waals surface area contributed by atoms with Gasteiger partial charge in [0.1, 0.15) is 5.75 Å². The van der Waals surface area contributed by atoms with Crippen molar-refractivity contribution >= 4 is 6.09 Å². The van der Waals surface area contributed by atoms with Crippen LogP contribution in [0.2, 0.25) is 0 Å². The first-order valence-corrected chi connectivity index (χ1v) is 5.85. The molecule has 0 unspecified atom stereocenters. The highest BCUT2D eigenvalue weighted by Gasteiger charge is 2.21. The number of aliphatic hydroxyl groups is 1. The lowest BCUT2D eigenvalue weighted by atomic mass is 10.1. The number of ether oxygens (including phenoxy) is 1. The minimum absolute atomic E-state index is 0.0440. The number of carbonyl (C=O) groups excluding carboxylic acids is 1. The monoisotopic (exact) mass is 235 g/mol. The summed E-state index contributed by atoms with van der Waals surface area (Å²) in [4.78, 5) is 11.4. The maximum Gasteiger partial charge on any atom is 0.412 e. The van der Waals surface area contributed by atoms with Gasteiger partial charge in [-0.1, -0.05) is 6.07 Å². The van der Waals surface area contributed by atoms with Crippen molar-refractivity contribution in [3.8, 4) is 5.75 Å². The van der Waals surface area contributed by atoms with Gasteiger partial charge in [0.25, 0.3) is 0 Å². The summed E-state index contributed by atoms with van der Waals surface area (Å²) in [5, 5.41) is 12.4. The summed E-state index contributed by atoms with van der Waals surface area (Å²) in [6, 6.07) is 5.45. The number of aryl methyl sites for hydroxylation is 1. The fourth-order valence-electron chi connectivity index (χ4n) is 1.99. The second kappa shape index (κ2) is 4.75. The molecule has 0 aliphatic heterocycles. The van der Waals surface area contributed by atoms with Crippen LogP contribution in [0.25, 0.3) is 0 Å². The molecule has 1 aliphatic carbocycles. The van der Waals surface area contributed by atoms with Crippen molar-refractivity contribution in [2.45, 2.75) is 38.8 Å². The highest BCUT2D eigenvalue weighted by molar-refractivity contribution is 5.70. The molecule has 0 heterocycles. The SMILES string of the molecule is CC(C)NC(=O)Oc1ccc2c(c1)[C@H](O)CC2. The Bertz CT molecular complexity index is 429. The van der Waals surface area contributed by atoms with Gasteiger partial charge in [-0.15, -0.1) is 0 Å². The molecule has 17 heavy (non-hydrogen) atoms. The van der Waals surface area contributed by atoms with E-state index in [2.05, 4.69) is 5.32 Å². The average molecular weight is 235 g/mol. The first-order chi connectivity index (χ1) is 8.06. The van der Waals surface area contributed by atoms with Crippen LogP contribution in [0.3, 0.4) is 0 Å². The Morgan fingerprint density at radius 2 is 2.29 bits per heavy atom. The molecule has 1 amide bonds. The molecule has 1 aromatic carbocycles. The van der Waals surface area contributed by atoms with Crippen molar-refractivity contribution in [1.82, 2.24) is 5.32 Å². The van der Waals surface area contributed by atoms with E-state index in [1.54, 1.807) is 12.1 Å². The molecule has 2 rings (SSSR count). The van der Waals surface area contributed by atoms with Crippen LogP contribution in [0.15, 0.2) is 18.2 Å². The Morgan fingerprint density at radius 3 is 3.00 bits per heavy atom. The van der Waals surface area contributed by atoms with Crippen LogP contribution < -0.4 is 10.1 Å². The number of benzene rings is 1. The molecule has 1 aromatic rings. The predicted octanol–water partition coefficient (Wildman–Crippen LogP) is 2.16. The molecule has 2 N–H and O–H groups in total. The van der Waals surface area contributed by atoms with Gasteiger partial charge in [0.15, 0.2) is 0 Å². The second-order valence-corrected chi connectivity index (χ2v) is 4.60. The molecule has 0 spiro atoms. The summed E-state index contributed by atoms with van der Waals surface area (Å²) in [5.41, 5.74) is 2.01. The van der Waals surface area contributed by atoms with Gasteiger partial charge in [-0.3, -0.25) is 0 Å². The van der Waals surface area contributed by atoms with Gasteiger partial charge in [-0.2, -0.15) is 0 Å². The van der Waals surface area contributed by atoms with Crippen molar-refractivity contribution in [3.63, 3.8) is 0 Å². The van der Waals surface area contributed by atoms with E-state index in [4.69, 9.17) is 4.74 Å². The summed E-state index contributed by atoms with van der Waals surface area (Å²) in [7, 11) is 0. The second-order valence-electron chi connectivity index (χ2n) is 4.60. The Kier molecular flexibility index (Phi) is 3.33. The van der Waals surface area contributed by atoms with Crippen molar-refractivity contribution < 1.29 is 14.6 Å². The van der Waals surface area contributed by atoms with E-state index in [0.717, 1.165) is 24.0 Å². The predicted molar refractivity (Wildman–Crippen MR) is 64.0 cm³/mol. The lowest BCUT2D eigenvalue weighted by Gasteiger charge is -2.10. The highest BCUT2D eigenvalue weighted by Crippen LogP contribution is 2.33. The van der Waals surface area contributed by atoms with E-state index in [0.29, 0.717) is 5.75 Å². The van der Waals surface area contributed by atoms with Crippen LogP contribution >= 0.6 is 0 Å². The third kappa shape index (κ3) is 2.77. The van der Waals surface area contributed by atoms with Crippen LogP contribution in [0, 0.1) is 0 Å². The van der Waals surface area contributed by atoms with Crippen molar-refractivity contribution in [2.75, 3.05) is 0 Å². The van der Waals surface area contributed by atoms with Gasteiger partial charge in [-0.05, 0) is 49.9 Å². The fraction of sp³-hybridized carbons (Fsp3) is 0.462. The molecule has 0 saturated heterocycles. The van der Waals surface area contributed by atoms with E-state index in [1.165, 1.54) is 0 Å². The normalized spacial score (nSPS) is 18.0. The third-order valence-electron chi connectivity index (χ3n) is 2.78. The van der Waals surface area contributed by atoms with Crippen molar-refractivity contribution in [3.05, 3.63) is 29.3 Å². The lowest BCUT2D eigenvalue weighted by Crippen LogP contribution is -2.32. The molecule has 0 radical (unpaired) electrons. The van der Waals surface area contributed by atoms with E-state index in [1.807, 2.05) is 19.9 Å². The number of aliphatic hydroxyl groups excluding tert-OH is 1. The molecular weight excluding hydrogens is 218 g/mol. The van der Waals surface area contributed by atoms with Gasteiger partial charge >= 0.3 is 6.09 Å². The maximum atomic E-state index is 11.4. The number of carbonyl (C=O) groups is 1. The minimum Gasteiger partial charge on any atom is -0.410 e.